The third-order valence-corrected chi connectivity index (χ3v) is 2.97. The molecule has 88 valence electrons. The van der Waals surface area contributed by atoms with Crippen LogP contribution in [0.25, 0.3) is 11.1 Å². The molecule has 0 aliphatic rings. The minimum atomic E-state index is 0.0841. The first-order valence-electron chi connectivity index (χ1n) is 6.00. The second-order valence-electron chi connectivity index (χ2n) is 4.79. The molecule has 1 unspecified atom stereocenters. The van der Waals surface area contributed by atoms with Crippen molar-refractivity contribution in [3.8, 4) is 11.1 Å². The Hall–Kier alpha value is -1.60. The highest BCUT2D eigenvalue weighted by atomic mass is 14.6. The lowest BCUT2D eigenvalue weighted by molar-refractivity contribution is 0.819. The molecule has 0 radical (unpaired) electrons. The van der Waals surface area contributed by atoms with Gasteiger partial charge in [0.2, 0.25) is 0 Å². The Morgan fingerprint density at radius 1 is 0.882 bits per heavy atom. The van der Waals surface area contributed by atoms with Gasteiger partial charge in [-0.05, 0) is 43.5 Å². The predicted molar refractivity (Wildman–Crippen MR) is 74.0 cm³/mol. The fraction of sp³-hybridized carbons (Fsp3) is 0.250. The van der Waals surface area contributed by atoms with Crippen molar-refractivity contribution in [2.45, 2.75) is 26.8 Å². The summed E-state index contributed by atoms with van der Waals surface area (Å²) < 4.78 is 0. The van der Waals surface area contributed by atoms with E-state index in [-0.39, 0.29) is 6.04 Å². The zero-order valence-electron chi connectivity index (χ0n) is 10.7. The molecule has 2 rings (SSSR count). The molecule has 0 heterocycles. The van der Waals surface area contributed by atoms with Crippen molar-refractivity contribution in [1.29, 1.82) is 0 Å². The van der Waals surface area contributed by atoms with E-state index in [9.17, 15) is 0 Å². The fourth-order valence-corrected chi connectivity index (χ4v) is 2.14. The van der Waals surface area contributed by atoms with E-state index in [0.29, 0.717) is 0 Å². The topological polar surface area (TPSA) is 26.0 Å². The normalized spacial score (nSPS) is 12.5. The molecule has 0 aromatic heterocycles. The van der Waals surface area contributed by atoms with Gasteiger partial charge in [-0.15, -0.1) is 0 Å². The number of hydrogen-bond acceptors (Lipinski definition) is 1. The standard InChI is InChI=1S/C16H19N/c1-11-7-12(2)9-16(8-11)15-6-4-5-14(10-15)13(3)17/h4-10,13H,17H2,1-3H3. The van der Waals surface area contributed by atoms with Gasteiger partial charge in [-0.25, -0.2) is 0 Å². The quantitative estimate of drug-likeness (QED) is 0.821. The van der Waals surface area contributed by atoms with Crippen LogP contribution in [0.2, 0.25) is 0 Å². The molecule has 0 saturated heterocycles. The van der Waals surface area contributed by atoms with Crippen molar-refractivity contribution < 1.29 is 0 Å². The highest BCUT2D eigenvalue weighted by molar-refractivity contribution is 5.66. The third-order valence-electron chi connectivity index (χ3n) is 2.97. The van der Waals surface area contributed by atoms with E-state index in [1.807, 2.05) is 6.92 Å². The summed E-state index contributed by atoms with van der Waals surface area (Å²) in [4.78, 5) is 0. The second-order valence-corrected chi connectivity index (χ2v) is 4.79. The number of hydrogen-bond donors (Lipinski definition) is 1. The Labute approximate surface area is 103 Å². The summed E-state index contributed by atoms with van der Waals surface area (Å²) in [6, 6.07) is 15.2. The van der Waals surface area contributed by atoms with Gasteiger partial charge in [-0.2, -0.15) is 0 Å². The van der Waals surface area contributed by atoms with Gasteiger partial charge in [0.05, 0.1) is 0 Å². The second kappa shape index (κ2) is 4.72. The Bertz CT molecular complexity index is 507. The van der Waals surface area contributed by atoms with Crippen LogP contribution in [0.5, 0.6) is 0 Å². The Morgan fingerprint density at radius 2 is 1.53 bits per heavy atom. The van der Waals surface area contributed by atoms with Crippen molar-refractivity contribution in [1.82, 2.24) is 0 Å². The SMILES string of the molecule is Cc1cc(C)cc(-c2cccc(C(C)N)c2)c1. The summed E-state index contributed by atoms with van der Waals surface area (Å²) in [5.41, 5.74) is 12.2. The maximum Gasteiger partial charge on any atom is 0.0266 e. The zero-order chi connectivity index (χ0) is 12.4. The molecule has 1 nitrogen and oxygen atoms in total. The molecule has 2 N–H and O–H groups in total. The van der Waals surface area contributed by atoms with Crippen LogP contribution in [0.3, 0.4) is 0 Å². The predicted octanol–water partition coefficient (Wildman–Crippen LogP) is 3.99. The summed E-state index contributed by atoms with van der Waals surface area (Å²) in [6.07, 6.45) is 0. The highest BCUT2D eigenvalue weighted by Gasteiger charge is 2.03. The van der Waals surface area contributed by atoms with Gasteiger partial charge in [0.1, 0.15) is 0 Å². The molecule has 0 aliphatic carbocycles. The van der Waals surface area contributed by atoms with Gasteiger partial charge in [0, 0.05) is 6.04 Å². The lowest BCUT2D eigenvalue weighted by atomic mass is 9.98. The van der Waals surface area contributed by atoms with Crippen LogP contribution in [0.15, 0.2) is 42.5 Å². The minimum absolute atomic E-state index is 0.0841. The summed E-state index contributed by atoms with van der Waals surface area (Å²) in [5.74, 6) is 0. The van der Waals surface area contributed by atoms with E-state index in [0.717, 1.165) is 0 Å². The maximum atomic E-state index is 5.92. The highest BCUT2D eigenvalue weighted by Crippen LogP contribution is 2.24. The van der Waals surface area contributed by atoms with E-state index in [4.69, 9.17) is 5.73 Å². The Balaban J connectivity index is 2.49. The molecule has 1 heteroatoms. The Morgan fingerprint density at radius 3 is 2.12 bits per heavy atom. The Kier molecular flexibility index (Phi) is 3.30. The summed E-state index contributed by atoms with van der Waals surface area (Å²) in [5, 5.41) is 0. The van der Waals surface area contributed by atoms with Gasteiger partial charge in [-0.3, -0.25) is 0 Å². The molecule has 0 fully saturated rings. The van der Waals surface area contributed by atoms with Crippen LogP contribution in [0.4, 0.5) is 0 Å². The molecular formula is C16H19N. The van der Waals surface area contributed by atoms with Gasteiger partial charge >= 0.3 is 0 Å². The smallest absolute Gasteiger partial charge is 0.0266 e. The van der Waals surface area contributed by atoms with Crippen molar-refractivity contribution in [2.24, 2.45) is 5.73 Å². The van der Waals surface area contributed by atoms with E-state index >= 15 is 0 Å². The largest absolute Gasteiger partial charge is 0.324 e. The molecule has 0 aliphatic heterocycles. The van der Waals surface area contributed by atoms with E-state index < -0.39 is 0 Å². The third kappa shape index (κ3) is 2.75. The molecule has 17 heavy (non-hydrogen) atoms. The molecule has 1 atom stereocenters. The molecular weight excluding hydrogens is 206 g/mol. The van der Waals surface area contributed by atoms with Crippen molar-refractivity contribution in [3.63, 3.8) is 0 Å². The average Bonchev–Trinajstić information content (AvgIpc) is 2.28. The molecule has 0 amide bonds. The van der Waals surface area contributed by atoms with E-state index in [1.165, 1.54) is 27.8 Å². The van der Waals surface area contributed by atoms with Crippen LogP contribution in [0.1, 0.15) is 29.7 Å². The summed E-state index contributed by atoms with van der Waals surface area (Å²) in [6.45, 7) is 6.28. The first kappa shape index (κ1) is 11.9. The number of nitrogens with two attached hydrogens (primary N) is 1. The molecule has 0 saturated carbocycles. The van der Waals surface area contributed by atoms with E-state index in [1.54, 1.807) is 0 Å². The van der Waals surface area contributed by atoms with Crippen LogP contribution in [-0.4, -0.2) is 0 Å². The fourth-order valence-electron chi connectivity index (χ4n) is 2.14. The van der Waals surface area contributed by atoms with Crippen molar-refractivity contribution in [2.75, 3.05) is 0 Å². The first-order chi connectivity index (χ1) is 8.06. The van der Waals surface area contributed by atoms with Gasteiger partial charge in [-0.1, -0.05) is 47.5 Å². The van der Waals surface area contributed by atoms with Crippen LogP contribution < -0.4 is 5.73 Å². The lowest BCUT2D eigenvalue weighted by Crippen LogP contribution is -2.04. The molecule has 0 bridgehead atoms. The number of benzene rings is 2. The van der Waals surface area contributed by atoms with Crippen molar-refractivity contribution in [3.05, 3.63) is 59.2 Å². The molecule has 0 spiro atoms. The van der Waals surface area contributed by atoms with Crippen LogP contribution in [-0.2, 0) is 0 Å². The lowest BCUT2D eigenvalue weighted by Gasteiger charge is -2.09. The van der Waals surface area contributed by atoms with E-state index in [2.05, 4.69) is 56.3 Å². The van der Waals surface area contributed by atoms with Crippen molar-refractivity contribution >= 4 is 0 Å². The summed E-state index contributed by atoms with van der Waals surface area (Å²) in [7, 11) is 0. The van der Waals surface area contributed by atoms with Gasteiger partial charge in [0.15, 0.2) is 0 Å². The van der Waals surface area contributed by atoms with Gasteiger partial charge < -0.3 is 5.73 Å². The first-order valence-corrected chi connectivity index (χ1v) is 6.00. The van der Waals surface area contributed by atoms with Crippen LogP contribution in [0, 0.1) is 13.8 Å². The zero-order valence-corrected chi connectivity index (χ0v) is 10.7. The van der Waals surface area contributed by atoms with Gasteiger partial charge in [0.25, 0.3) is 0 Å². The molecule has 2 aromatic carbocycles. The number of rotatable bonds is 2. The number of aryl methyl sites for hydroxylation is 2. The minimum Gasteiger partial charge on any atom is -0.324 e. The average molecular weight is 225 g/mol. The molecule has 2 aromatic rings. The van der Waals surface area contributed by atoms with Crippen LogP contribution >= 0.6 is 0 Å². The summed E-state index contributed by atoms with van der Waals surface area (Å²) >= 11 is 0. The monoisotopic (exact) mass is 225 g/mol. The maximum absolute atomic E-state index is 5.92.